The minimum atomic E-state index is -0.366. The Morgan fingerprint density at radius 2 is 1.85 bits per heavy atom. The summed E-state index contributed by atoms with van der Waals surface area (Å²) < 4.78 is 18.5. The molecule has 134 valence electrons. The Morgan fingerprint density at radius 1 is 1.08 bits per heavy atom. The molecule has 4 nitrogen and oxygen atoms in total. The zero-order valence-electron chi connectivity index (χ0n) is 13.6. The Kier molecular flexibility index (Phi) is 5.81. The molecule has 3 rings (SSSR count). The van der Waals surface area contributed by atoms with Crippen LogP contribution in [0.25, 0.3) is 0 Å². The van der Waals surface area contributed by atoms with Crippen molar-refractivity contribution in [3.8, 4) is 0 Å². The van der Waals surface area contributed by atoms with Gasteiger partial charge in [-0.2, -0.15) is 0 Å². The molecule has 0 aliphatic heterocycles. The van der Waals surface area contributed by atoms with Gasteiger partial charge in [0.05, 0.1) is 23.5 Å². The van der Waals surface area contributed by atoms with Crippen LogP contribution in [0.5, 0.6) is 0 Å². The standard InChI is InChI=1S/C19H15Cl2FN2O2/c20-14-5-8-18(17(21)10-14)23-19(25)24(12-16-2-1-9-26-16)11-13-3-6-15(22)7-4-13/h1-10H,11-12H2,(H,23,25). The normalized spacial score (nSPS) is 10.6. The maximum Gasteiger partial charge on any atom is 0.322 e. The van der Waals surface area contributed by atoms with E-state index >= 15 is 0 Å². The fraction of sp³-hybridized carbons (Fsp3) is 0.105. The first-order valence-corrected chi connectivity index (χ1v) is 8.54. The van der Waals surface area contributed by atoms with E-state index in [0.717, 1.165) is 5.56 Å². The highest BCUT2D eigenvalue weighted by Gasteiger charge is 2.17. The lowest BCUT2D eigenvalue weighted by Crippen LogP contribution is -2.34. The van der Waals surface area contributed by atoms with E-state index in [1.807, 2.05) is 0 Å². The maximum absolute atomic E-state index is 13.1. The van der Waals surface area contributed by atoms with Crippen LogP contribution in [0, 0.1) is 5.82 Å². The molecule has 1 N–H and O–H groups in total. The molecule has 1 heterocycles. The van der Waals surface area contributed by atoms with Crippen molar-refractivity contribution < 1.29 is 13.6 Å². The molecule has 0 spiro atoms. The Bertz CT molecular complexity index is 883. The van der Waals surface area contributed by atoms with Gasteiger partial charge in [-0.3, -0.25) is 0 Å². The van der Waals surface area contributed by atoms with Crippen molar-refractivity contribution in [2.45, 2.75) is 13.1 Å². The highest BCUT2D eigenvalue weighted by molar-refractivity contribution is 6.36. The van der Waals surface area contributed by atoms with E-state index in [0.29, 0.717) is 21.5 Å². The Hall–Kier alpha value is -2.50. The van der Waals surface area contributed by atoms with E-state index in [1.165, 1.54) is 17.0 Å². The van der Waals surface area contributed by atoms with Gasteiger partial charge in [0.15, 0.2) is 0 Å². The van der Waals surface area contributed by atoms with Gasteiger partial charge in [-0.1, -0.05) is 35.3 Å². The van der Waals surface area contributed by atoms with Gasteiger partial charge in [-0.15, -0.1) is 0 Å². The van der Waals surface area contributed by atoms with Gasteiger partial charge in [-0.25, -0.2) is 9.18 Å². The molecular formula is C19H15Cl2FN2O2. The fourth-order valence-electron chi connectivity index (χ4n) is 2.39. The topological polar surface area (TPSA) is 45.5 Å². The number of carbonyl (C=O) groups excluding carboxylic acids is 1. The van der Waals surface area contributed by atoms with E-state index in [-0.39, 0.29) is 24.9 Å². The number of halogens is 3. The lowest BCUT2D eigenvalue weighted by molar-refractivity contribution is 0.201. The second-order valence-electron chi connectivity index (χ2n) is 5.62. The fourth-order valence-corrected chi connectivity index (χ4v) is 2.84. The van der Waals surface area contributed by atoms with Crippen molar-refractivity contribution >= 4 is 34.9 Å². The lowest BCUT2D eigenvalue weighted by atomic mass is 10.2. The molecule has 1 aromatic heterocycles. The van der Waals surface area contributed by atoms with E-state index in [4.69, 9.17) is 27.6 Å². The molecule has 0 saturated heterocycles. The van der Waals surface area contributed by atoms with Crippen molar-refractivity contribution in [1.82, 2.24) is 4.90 Å². The summed E-state index contributed by atoms with van der Waals surface area (Å²) in [6.07, 6.45) is 1.54. The summed E-state index contributed by atoms with van der Waals surface area (Å²) in [5.74, 6) is 0.299. The number of furan rings is 1. The van der Waals surface area contributed by atoms with E-state index in [2.05, 4.69) is 5.32 Å². The summed E-state index contributed by atoms with van der Waals surface area (Å²) in [6.45, 7) is 0.527. The van der Waals surface area contributed by atoms with Crippen LogP contribution in [-0.2, 0) is 13.1 Å². The molecule has 0 aliphatic carbocycles. The van der Waals surface area contributed by atoms with Gasteiger partial charge < -0.3 is 14.6 Å². The Labute approximate surface area is 160 Å². The molecule has 7 heteroatoms. The average Bonchev–Trinajstić information content (AvgIpc) is 3.12. The Morgan fingerprint density at radius 3 is 2.50 bits per heavy atom. The van der Waals surface area contributed by atoms with Crippen LogP contribution in [0.4, 0.5) is 14.9 Å². The van der Waals surface area contributed by atoms with Gasteiger partial charge in [-0.05, 0) is 48.0 Å². The third-order valence-electron chi connectivity index (χ3n) is 3.67. The summed E-state index contributed by atoms with van der Waals surface area (Å²) in [7, 11) is 0. The van der Waals surface area contributed by atoms with Crippen molar-refractivity contribution in [3.05, 3.63) is 88.0 Å². The SMILES string of the molecule is O=C(Nc1ccc(Cl)cc1Cl)N(Cc1ccc(F)cc1)Cc1ccco1. The molecule has 3 aromatic rings. The number of nitrogens with zero attached hydrogens (tertiary/aromatic N) is 1. The summed E-state index contributed by atoms with van der Waals surface area (Å²) in [4.78, 5) is 14.3. The minimum Gasteiger partial charge on any atom is -0.467 e. The number of benzene rings is 2. The van der Waals surface area contributed by atoms with Crippen LogP contribution in [-0.4, -0.2) is 10.9 Å². The zero-order valence-corrected chi connectivity index (χ0v) is 15.1. The quantitative estimate of drug-likeness (QED) is 0.581. The minimum absolute atomic E-state index is 0.251. The third kappa shape index (κ3) is 4.77. The summed E-state index contributed by atoms with van der Waals surface area (Å²) in [5.41, 5.74) is 1.24. The molecular weight excluding hydrogens is 378 g/mol. The second kappa shape index (κ2) is 8.25. The van der Waals surface area contributed by atoms with Crippen LogP contribution in [0.3, 0.4) is 0 Å². The first-order chi connectivity index (χ1) is 12.5. The lowest BCUT2D eigenvalue weighted by Gasteiger charge is -2.22. The van der Waals surface area contributed by atoms with E-state index < -0.39 is 0 Å². The number of anilines is 1. The zero-order chi connectivity index (χ0) is 18.5. The molecule has 0 fully saturated rings. The van der Waals surface area contributed by atoms with Crippen LogP contribution < -0.4 is 5.32 Å². The van der Waals surface area contributed by atoms with Gasteiger partial charge in [0.2, 0.25) is 0 Å². The highest BCUT2D eigenvalue weighted by atomic mass is 35.5. The predicted molar refractivity (Wildman–Crippen MR) is 99.8 cm³/mol. The van der Waals surface area contributed by atoms with E-state index in [9.17, 15) is 9.18 Å². The van der Waals surface area contributed by atoms with Crippen LogP contribution in [0.1, 0.15) is 11.3 Å². The molecule has 0 saturated carbocycles. The molecule has 0 atom stereocenters. The number of urea groups is 1. The van der Waals surface area contributed by atoms with Crippen LogP contribution >= 0.6 is 23.2 Å². The first kappa shape index (κ1) is 18.3. The van der Waals surface area contributed by atoms with Crippen LogP contribution in [0.15, 0.2) is 65.3 Å². The molecule has 0 bridgehead atoms. The first-order valence-electron chi connectivity index (χ1n) is 7.79. The number of rotatable bonds is 5. The third-order valence-corrected chi connectivity index (χ3v) is 4.22. The molecule has 0 radical (unpaired) electrons. The van der Waals surface area contributed by atoms with Gasteiger partial charge in [0, 0.05) is 11.6 Å². The Balaban J connectivity index is 1.79. The number of carbonyl (C=O) groups is 1. The molecule has 0 aliphatic rings. The summed E-state index contributed by atoms with van der Waals surface area (Å²) in [5, 5.41) is 3.58. The summed E-state index contributed by atoms with van der Waals surface area (Å²) >= 11 is 12.0. The molecule has 2 aromatic carbocycles. The number of amides is 2. The average molecular weight is 393 g/mol. The van der Waals surface area contributed by atoms with Crippen molar-refractivity contribution in [1.29, 1.82) is 0 Å². The summed E-state index contributed by atoms with van der Waals surface area (Å²) in [6, 6.07) is 14.0. The monoisotopic (exact) mass is 392 g/mol. The largest absolute Gasteiger partial charge is 0.467 e. The second-order valence-corrected chi connectivity index (χ2v) is 6.46. The number of hydrogen-bond donors (Lipinski definition) is 1. The van der Waals surface area contributed by atoms with Gasteiger partial charge in [0.25, 0.3) is 0 Å². The predicted octanol–water partition coefficient (Wildman–Crippen LogP) is 5.96. The van der Waals surface area contributed by atoms with Crippen molar-refractivity contribution in [2.75, 3.05) is 5.32 Å². The maximum atomic E-state index is 13.1. The molecule has 26 heavy (non-hydrogen) atoms. The number of nitrogens with one attached hydrogen (secondary N) is 1. The van der Waals surface area contributed by atoms with E-state index in [1.54, 1.807) is 48.7 Å². The van der Waals surface area contributed by atoms with Gasteiger partial charge >= 0.3 is 6.03 Å². The molecule has 2 amide bonds. The number of hydrogen-bond acceptors (Lipinski definition) is 2. The molecule has 0 unspecified atom stereocenters. The van der Waals surface area contributed by atoms with Crippen molar-refractivity contribution in [2.24, 2.45) is 0 Å². The smallest absolute Gasteiger partial charge is 0.322 e. The van der Waals surface area contributed by atoms with Crippen molar-refractivity contribution in [3.63, 3.8) is 0 Å². The highest BCUT2D eigenvalue weighted by Crippen LogP contribution is 2.26. The van der Waals surface area contributed by atoms with Gasteiger partial charge in [0.1, 0.15) is 11.6 Å². The van der Waals surface area contributed by atoms with Crippen LogP contribution in [0.2, 0.25) is 10.0 Å².